The standard InChI is InChI=1S/C8H11BrN2S2/c1-6-4-12-3-2-11(6)8-10-7(9)5-13-8/h5-6H,2-4H2,1H3. The summed E-state index contributed by atoms with van der Waals surface area (Å²) >= 11 is 7.14. The van der Waals surface area contributed by atoms with E-state index in [2.05, 4.69) is 32.7 Å². The van der Waals surface area contributed by atoms with E-state index in [1.54, 1.807) is 11.3 Å². The van der Waals surface area contributed by atoms with Crippen molar-refractivity contribution in [1.29, 1.82) is 0 Å². The fraction of sp³-hybridized carbons (Fsp3) is 0.625. The molecule has 1 aromatic heterocycles. The molecule has 1 atom stereocenters. The normalized spacial score (nSPS) is 23.5. The van der Waals surface area contributed by atoms with E-state index in [4.69, 9.17) is 0 Å². The van der Waals surface area contributed by atoms with E-state index >= 15 is 0 Å². The van der Waals surface area contributed by atoms with Gasteiger partial charge in [-0.3, -0.25) is 0 Å². The molecular weight excluding hydrogens is 268 g/mol. The molecule has 2 nitrogen and oxygen atoms in total. The molecule has 2 rings (SSSR count). The molecule has 0 aliphatic carbocycles. The first-order valence-corrected chi connectivity index (χ1v) is 7.05. The Morgan fingerprint density at radius 1 is 1.69 bits per heavy atom. The van der Waals surface area contributed by atoms with E-state index in [1.807, 2.05) is 17.1 Å². The first-order chi connectivity index (χ1) is 6.27. The lowest BCUT2D eigenvalue weighted by Crippen LogP contribution is -2.40. The minimum atomic E-state index is 0.622. The highest BCUT2D eigenvalue weighted by atomic mass is 79.9. The molecule has 0 spiro atoms. The molecule has 1 aliphatic heterocycles. The number of hydrogen-bond donors (Lipinski definition) is 0. The van der Waals surface area contributed by atoms with Crippen LogP contribution in [0, 0.1) is 0 Å². The first kappa shape index (κ1) is 9.80. The Balaban J connectivity index is 2.14. The second-order valence-electron chi connectivity index (χ2n) is 3.07. The van der Waals surface area contributed by atoms with Gasteiger partial charge in [0, 0.05) is 29.5 Å². The molecule has 0 N–H and O–H groups in total. The predicted octanol–water partition coefficient (Wildman–Crippen LogP) is 2.85. The Bertz CT molecular complexity index is 289. The van der Waals surface area contributed by atoms with Crippen molar-refractivity contribution in [3.8, 4) is 0 Å². The molecular formula is C8H11BrN2S2. The van der Waals surface area contributed by atoms with Gasteiger partial charge in [0.25, 0.3) is 0 Å². The molecule has 0 saturated carbocycles. The van der Waals surface area contributed by atoms with Crippen LogP contribution in [-0.2, 0) is 0 Å². The molecule has 1 fully saturated rings. The van der Waals surface area contributed by atoms with E-state index in [-0.39, 0.29) is 0 Å². The van der Waals surface area contributed by atoms with Gasteiger partial charge < -0.3 is 4.90 Å². The number of hydrogen-bond acceptors (Lipinski definition) is 4. The molecule has 1 aromatic rings. The lowest BCUT2D eigenvalue weighted by molar-refractivity contribution is 0.697. The van der Waals surface area contributed by atoms with Crippen LogP contribution in [0.2, 0.25) is 0 Å². The minimum absolute atomic E-state index is 0.622. The van der Waals surface area contributed by atoms with Crippen molar-refractivity contribution < 1.29 is 0 Å². The average Bonchev–Trinajstić information content (AvgIpc) is 2.53. The van der Waals surface area contributed by atoms with Gasteiger partial charge in [-0.1, -0.05) is 0 Å². The van der Waals surface area contributed by atoms with E-state index in [0.717, 1.165) is 16.3 Å². The Labute approximate surface area is 94.9 Å². The summed E-state index contributed by atoms with van der Waals surface area (Å²) in [5.74, 6) is 2.44. The summed E-state index contributed by atoms with van der Waals surface area (Å²) < 4.78 is 0.956. The Kier molecular flexibility index (Phi) is 3.16. The monoisotopic (exact) mass is 278 g/mol. The number of thiazole rings is 1. The second kappa shape index (κ2) is 4.19. The number of aromatic nitrogens is 1. The molecule has 5 heteroatoms. The van der Waals surface area contributed by atoms with Crippen molar-refractivity contribution in [2.45, 2.75) is 13.0 Å². The molecule has 0 radical (unpaired) electrons. The van der Waals surface area contributed by atoms with Gasteiger partial charge in [0.15, 0.2) is 5.13 Å². The fourth-order valence-corrected chi connectivity index (χ4v) is 3.78. The van der Waals surface area contributed by atoms with Gasteiger partial charge in [-0.15, -0.1) is 11.3 Å². The topological polar surface area (TPSA) is 16.1 Å². The summed E-state index contributed by atoms with van der Waals surface area (Å²) in [7, 11) is 0. The highest BCUT2D eigenvalue weighted by Crippen LogP contribution is 2.28. The second-order valence-corrected chi connectivity index (χ2v) is 5.87. The third-order valence-electron chi connectivity index (χ3n) is 2.08. The van der Waals surface area contributed by atoms with Gasteiger partial charge in [-0.05, 0) is 22.9 Å². The van der Waals surface area contributed by atoms with Crippen molar-refractivity contribution in [2.75, 3.05) is 23.0 Å². The fourth-order valence-electron chi connectivity index (χ4n) is 1.39. The maximum absolute atomic E-state index is 4.44. The van der Waals surface area contributed by atoms with Gasteiger partial charge in [0.2, 0.25) is 0 Å². The van der Waals surface area contributed by atoms with E-state index in [0.29, 0.717) is 6.04 Å². The van der Waals surface area contributed by atoms with E-state index in [1.165, 1.54) is 11.5 Å². The summed E-state index contributed by atoms with van der Waals surface area (Å²) in [5, 5.41) is 3.20. The molecule has 2 heterocycles. The third-order valence-corrected chi connectivity index (χ3v) is 4.85. The van der Waals surface area contributed by atoms with Crippen LogP contribution < -0.4 is 4.90 Å². The molecule has 13 heavy (non-hydrogen) atoms. The van der Waals surface area contributed by atoms with Crippen LogP contribution in [0.15, 0.2) is 9.98 Å². The van der Waals surface area contributed by atoms with Crippen molar-refractivity contribution in [2.24, 2.45) is 0 Å². The van der Waals surface area contributed by atoms with Crippen LogP contribution in [0.1, 0.15) is 6.92 Å². The average molecular weight is 279 g/mol. The Morgan fingerprint density at radius 2 is 2.54 bits per heavy atom. The maximum Gasteiger partial charge on any atom is 0.186 e. The SMILES string of the molecule is CC1CSCCN1c1nc(Br)cs1. The quantitative estimate of drug-likeness (QED) is 0.786. The van der Waals surface area contributed by atoms with Gasteiger partial charge in [0.05, 0.1) is 0 Å². The number of anilines is 1. The highest BCUT2D eigenvalue weighted by Gasteiger charge is 2.20. The zero-order chi connectivity index (χ0) is 9.26. The summed E-state index contributed by atoms with van der Waals surface area (Å²) in [5.41, 5.74) is 0. The maximum atomic E-state index is 4.44. The number of thioether (sulfide) groups is 1. The van der Waals surface area contributed by atoms with Crippen LogP contribution >= 0.6 is 39.0 Å². The molecule has 1 unspecified atom stereocenters. The Hall–Kier alpha value is 0.260. The first-order valence-electron chi connectivity index (χ1n) is 4.23. The molecule has 1 saturated heterocycles. The lowest BCUT2D eigenvalue weighted by atomic mass is 10.3. The van der Waals surface area contributed by atoms with Gasteiger partial charge >= 0.3 is 0 Å². The molecule has 0 amide bonds. The molecule has 0 bridgehead atoms. The molecule has 1 aliphatic rings. The van der Waals surface area contributed by atoms with Gasteiger partial charge in [-0.2, -0.15) is 11.8 Å². The van der Waals surface area contributed by atoms with Crippen molar-refractivity contribution >= 4 is 44.2 Å². The lowest BCUT2D eigenvalue weighted by Gasteiger charge is -2.32. The van der Waals surface area contributed by atoms with Crippen molar-refractivity contribution in [3.05, 3.63) is 9.98 Å². The van der Waals surface area contributed by atoms with Crippen molar-refractivity contribution in [1.82, 2.24) is 4.98 Å². The number of halogens is 1. The van der Waals surface area contributed by atoms with Crippen LogP contribution in [0.25, 0.3) is 0 Å². The zero-order valence-electron chi connectivity index (χ0n) is 7.36. The highest BCUT2D eigenvalue weighted by molar-refractivity contribution is 9.10. The molecule has 0 aromatic carbocycles. The van der Waals surface area contributed by atoms with Gasteiger partial charge in [-0.25, -0.2) is 4.98 Å². The van der Waals surface area contributed by atoms with E-state index in [9.17, 15) is 0 Å². The minimum Gasteiger partial charge on any atom is -0.344 e. The van der Waals surface area contributed by atoms with Crippen LogP contribution in [0.4, 0.5) is 5.13 Å². The number of nitrogens with zero attached hydrogens (tertiary/aromatic N) is 2. The predicted molar refractivity (Wildman–Crippen MR) is 63.9 cm³/mol. The summed E-state index contributed by atoms with van der Waals surface area (Å²) in [6.45, 7) is 3.40. The zero-order valence-corrected chi connectivity index (χ0v) is 10.6. The molecule has 72 valence electrons. The number of rotatable bonds is 1. The Morgan fingerprint density at radius 3 is 3.15 bits per heavy atom. The van der Waals surface area contributed by atoms with Gasteiger partial charge in [0.1, 0.15) is 4.60 Å². The smallest absolute Gasteiger partial charge is 0.186 e. The van der Waals surface area contributed by atoms with Crippen LogP contribution in [0.3, 0.4) is 0 Å². The third kappa shape index (κ3) is 2.19. The van der Waals surface area contributed by atoms with E-state index < -0.39 is 0 Å². The summed E-state index contributed by atoms with van der Waals surface area (Å²) in [6, 6.07) is 0.622. The van der Waals surface area contributed by atoms with Crippen molar-refractivity contribution in [3.63, 3.8) is 0 Å². The summed E-state index contributed by atoms with van der Waals surface area (Å²) in [4.78, 5) is 6.83. The largest absolute Gasteiger partial charge is 0.344 e. The van der Waals surface area contributed by atoms with Crippen LogP contribution in [0.5, 0.6) is 0 Å². The van der Waals surface area contributed by atoms with Crippen LogP contribution in [-0.4, -0.2) is 29.1 Å². The summed E-state index contributed by atoms with van der Waals surface area (Å²) in [6.07, 6.45) is 0.